The summed E-state index contributed by atoms with van der Waals surface area (Å²) in [5, 5.41) is 11.1. The molecule has 49 heavy (non-hydrogen) atoms. The fourth-order valence-corrected chi connectivity index (χ4v) is 7.15. The average Bonchev–Trinajstić information content (AvgIpc) is 3.09. The first-order chi connectivity index (χ1) is 22.9. The minimum absolute atomic E-state index is 0. The molecule has 2 saturated carbocycles. The third-order valence-corrected chi connectivity index (χ3v) is 11.1. The first kappa shape index (κ1) is 43.1. The zero-order valence-electron chi connectivity index (χ0n) is 28.4. The van der Waals surface area contributed by atoms with Crippen LogP contribution < -0.4 is 16.0 Å². The van der Waals surface area contributed by atoms with E-state index >= 15 is 0 Å². The van der Waals surface area contributed by atoms with Gasteiger partial charge in [0, 0.05) is 41.7 Å². The Kier molecular flexibility index (Phi) is 18.8. The van der Waals surface area contributed by atoms with E-state index in [-0.39, 0.29) is 36.3 Å². The number of benzene rings is 2. The second-order valence-electron chi connectivity index (χ2n) is 12.8. The molecule has 8 nitrogen and oxygen atoms in total. The van der Waals surface area contributed by atoms with Crippen LogP contribution in [0.5, 0.6) is 0 Å². The molecule has 2 fully saturated rings. The molecule has 0 heterocycles. The smallest absolute Gasteiger partial charge is 0.305 e. The fourth-order valence-electron chi connectivity index (χ4n) is 6.55. The first-order valence-electron chi connectivity index (χ1n) is 17.0. The number of carbonyl (C=O) groups excluding carboxylic acids is 3. The molecule has 2 aromatic rings. The topological polar surface area (TPSA) is 99.8 Å². The van der Waals surface area contributed by atoms with E-state index in [0.717, 1.165) is 51.5 Å². The molecular formula is C37H54Cl4N4O4. The number of halogens is 4. The SMILES string of the molecule is C.CCOC(=O)CCCN(C)C1(CNC(=O)c2ccc(Cl)c(Cl)c2)CCCCC1.CNC1(CNC(=O)c2ccc(Cl)c(Cl)c2)CCCCC1. The molecule has 2 aliphatic carbocycles. The van der Waals surface area contributed by atoms with Gasteiger partial charge in [0.1, 0.15) is 0 Å². The Morgan fingerprint density at radius 2 is 1.24 bits per heavy atom. The van der Waals surface area contributed by atoms with Crippen molar-refractivity contribution in [2.45, 2.75) is 102 Å². The molecule has 0 radical (unpaired) electrons. The van der Waals surface area contributed by atoms with E-state index < -0.39 is 0 Å². The van der Waals surface area contributed by atoms with Gasteiger partial charge >= 0.3 is 5.97 Å². The predicted molar refractivity (Wildman–Crippen MR) is 204 cm³/mol. The summed E-state index contributed by atoms with van der Waals surface area (Å²) >= 11 is 23.8. The Morgan fingerprint density at radius 3 is 1.71 bits per heavy atom. The summed E-state index contributed by atoms with van der Waals surface area (Å²) in [5.41, 5.74) is 0.995. The van der Waals surface area contributed by atoms with Gasteiger partial charge in [-0.3, -0.25) is 19.3 Å². The number of ether oxygens (including phenoxy) is 1. The highest BCUT2D eigenvalue weighted by Crippen LogP contribution is 2.33. The van der Waals surface area contributed by atoms with Crippen molar-refractivity contribution >= 4 is 64.2 Å². The van der Waals surface area contributed by atoms with Crippen molar-refractivity contribution in [2.24, 2.45) is 0 Å². The Labute approximate surface area is 313 Å². The molecule has 4 rings (SSSR count). The zero-order valence-corrected chi connectivity index (χ0v) is 31.4. The van der Waals surface area contributed by atoms with Gasteiger partial charge in [-0.25, -0.2) is 0 Å². The Hall–Kier alpha value is -2.07. The second kappa shape index (κ2) is 21.3. The molecule has 274 valence electrons. The quantitative estimate of drug-likeness (QED) is 0.176. The van der Waals surface area contributed by atoms with Crippen LogP contribution in [0.15, 0.2) is 36.4 Å². The van der Waals surface area contributed by atoms with E-state index in [1.54, 1.807) is 36.4 Å². The van der Waals surface area contributed by atoms with Gasteiger partial charge in [-0.05, 0) is 96.1 Å². The predicted octanol–water partition coefficient (Wildman–Crippen LogP) is 8.98. The number of rotatable bonds is 13. The van der Waals surface area contributed by atoms with E-state index in [9.17, 15) is 14.4 Å². The van der Waals surface area contributed by atoms with Crippen molar-refractivity contribution in [3.63, 3.8) is 0 Å². The Balaban J connectivity index is 0.000000351. The number of hydrogen-bond acceptors (Lipinski definition) is 6. The van der Waals surface area contributed by atoms with Gasteiger partial charge in [-0.2, -0.15) is 0 Å². The van der Waals surface area contributed by atoms with E-state index in [0.29, 0.717) is 57.3 Å². The molecule has 2 amide bonds. The lowest BCUT2D eigenvalue weighted by Gasteiger charge is -2.45. The number of nitrogens with zero attached hydrogens (tertiary/aromatic N) is 1. The number of amides is 2. The maximum absolute atomic E-state index is 12.6. The number of hydrogen-bond donors (Lipinski definition) is 3. The summed E-state index contributed by atoms with van der Waals surface area (Å²) in [6, 6.07) is 9.85. The Bertz CT molecular complexity index is 1360. The van der Waals surface area contributed by atoms with Crippen molar-refractivity contribution in [3.8, 4) is 0 Å². The molecule has 0 saturated heterocycles. The molecule has 0 spiro atoms. The van der Waals surface area contributed by atoms with Crippen LogP contribution in [0.1, 0.15) is 112 Å². The van der Waals surface area contributed by atoms with Crippen LogP contribution in [0.25, 0.3) is 0 Å². The zero-order chi connectivity index (χ0) is 35.2. The van der Waals surface area contributed by atoms with Crippen molar-refractivity contribution in [1.29, 1.82) is 0 Å². The molecule has 2 aliphatic rings. The van der Waals surface area contributed by atoms with Gasteiger partial charge in [0.2, 0.25) is 0 Å². The molecular weight excluding hydrogens is 706 g/mol. The molecule has 0 atom stereocenters. The standard InChI is InChI=1S/C21H30Cl2N2O3.C15H20Cl2N2O.CH4/c1-3-28-19(26)8-7-13-25(2)21(11-5-4-6-12-21)15-24-20(27)16-9-10-17(22)18(23)14-16;1-18-15(7-3-2-4-8-15)10-19-14(20)11-5-6-12(16)13(17)9-11;/h9-10,14H,3-8,11-13,15H2,1-2H3,(H,24,27);5-6,9,18H,2-4,7-8,10H2,1H3,(H,19,20);1H4. The molecule has 3 N–H and O–H groups in total. The summed E-state index contributed by atoms with van der Waals surface area (Å²) in [5.74, 6) is -0.409. The summed E-state index contributed by atoms with van der Waals surface area (Å²) in [6.45, 7) is 4.24. The van der Waals surface area contributed by atoms with Gasteiger partial charge in [-0.1, -0.05) is 92.4 Å². The monoisotopic (exact) mass is 758 g/mol. The van der Waals surface area contributed by atoms with Gasteiger partial charge in [0.15, 0.2) is 0 Å². The van der Waals surface area contributed by atoms with Crippen LogP contribution in [0.4, 0.5) is 0 Å². The van der Waals surface area contributed by atoms with Crippen LogP contribution in [-0.2, 0) is 9.53 Å². The lowest BCUT2D eigenvalue weighted by molar-refractivity contribution is -0.143. The average molecular weight is 761 g/mol. The van der Waals surface area contributed by atoms with Crippen LogP contribution in [0.3, 0.4) is 0 Å². The van der Waals surface area contributed by atoms with Gasteiger partial charge in [-0.15, -0.1) is 0 Å². The summed E-state index contributed by atoms with van der Waals surface area (Å²) in [7, 11) is 4.05. The molecule has 0 aliphatic heterocycles. The Morgan fingerprint density at radius 1 is 0.755 bits per heavy atom. The van der Waals surface area contributed by atoms with Crippen molar-refractivity contribution in [2.75, 3.05) is 40.3 Å². The van der Waals surface area contributed by atoms with E-state index in [4.69, 9.17) is 51.1 Å². The summed E-state index contributed by atoms with van der Waals surface area (Å²) in [6.07, 6.45) is 12.7. The van der Waals surface area contributed by atoms with E-state index in [1.165, 1.54) is 25.7 Å². The summed E-state index contributed by atoms with van der Waals surface area (Å²) in [4.78, 5) is 38.7. The van der Waals surface area contributed by atoms with Gasteiger partial charge < -0.3 is 20.7 Å². The highest BCUT2D eigenvalue weighted by molar-refractivity contribution is 6.42. The largest absolute Gasteiger partial charge is 0.466 e. The number of likely N-dealkylation sites (N-methyl/N-ethyl adjacent to an activating group) is 2. The maximum atomic E-state index is 12.6. The second-order valence-corrected chi connectivity index (χ2v) is 14.5. The van der Waals surface area contributed by atoms with Crippen LogP contribution >= 0.6 is 46.4 Å². The van der Waals surface area contributed by atoms with Crippen LogP contribution in [0.2, 0.25) is 20.1 Å². The first-order valence-corrected chi connectivity index (χ1v) is 18.5. The molecule has 0 aromatic heterocycles. The highest BCUT2D eigenvalue weighted by atomic mass is 35.5. The van der Waals surface area contributed by atoms with E-state index in [1.807, 2.05) is 14.0 Å². The lowest BCUT2D eigenvalue weighted by atomic mass is 9.80. The van der Waals surface area contributed by atoms with E-state index in [2.05, 4.69) is 27.9 Å². The highest BCUT2D eigenvalue weighted by Gasteiger charge is 2.36. The molecule has 0 unspecified atom stereocenters. The number of carbonyl (C=O) groups is 3. The van der Waals surface area contributed by atoms with Gasteiger partial charge in [0.25, 0.3) is 11.8 Å². The van der Waals surface area contributed by atoms with Crippen molar-refractivity contribution in [3.05, 3.63) is 67.6 Å². The minimum atomic E-state index is -0.151. The normalized spacial score (nSPS) is 16.4. The van der Waals surface area contributed by atoms with Gasteiger partial charge in [0.05, 0.1) is 26.7 Å². The third kappa shape index (κ3) is 13.2. The molecule has 0 bridgehead atoms. The van der Waals surface area contributed by atoms with Crippen molar-refractivity contribution < 1.29 is 19.1 Å². The number of nitrogens with one attached hydrogen (secondary N) is 3. The molecule has 12 heteroatoms. The van der Waals surface area contributed by atoms with Crippen molar-refractivity contribution in [1.82, 2.24) is 20.9 Å². The van der Waals surface area contributed by atoms with Crippen LogP contribution in [-0.4, -0.2) is 74.1 Å². The number of esters is 1. The molecule has 2 aromatic carbocycles. The third-order valence-electron chi connectivity index (χ3n) is 9.64. The fraction of sp³-hybridized carbons (Fsp3) is 0.595. The maximum Gasteiger partial charge on any atom is 0.305 e. The minimum Gasteiger partial charge on any atom is -0.466 e. The van der Waals surface area contributed by atoms with Crippen LogP contribution in [0, 0.1) is 0 Å². The summed E-state index contributed by atoms with van der Waals surface area (Å²) < 4.78 is 5.01. The lowest BCUT2D eigenvalue weighted by Crippen LogP contribution is -2.55.